The molecule has 1 aromatic rings. The number of amides is 1. The molecule has 0 heterocycles. The van der Waals surface area contributed by atoms with Crippen LogP contribution in [0, 0.1) is 6.92 Å². The second-order valence-electron chi connectivity index (χ2n) is 5.54. The first-order valence-electron chi connectivity index (χ1n) is 7.67. The Hall–Kier alpha value is -1.93. The van der Waals surface area contributed by atoms with E-state index >= 15 is 0 Å². The van der Waals surface area contributed by atoms with Crippen LogP contribution in [0.2, 0.25) is 0 Å². The number of carbonyl (C=O) groups excluding carboxylic acids is 2. The van der Waals surface area contributed by atoms with Crippen LogP contribution >= 0.6 is 0 Å². The van der Waals surface area contributed by atoms with Crippen molar-refractivity contribution in [3.05, 3.63) is 29.3 Å². The monoisotopic (exact) mass is 356 g/mol. The zero-order valence-electron chi connectivity index (χ0n) is 14.5. The first-order chi connectivity index (χ1) is 11.2. The number of unbranched alkanes of at least 4 members (excludes halogenated alkanes) is 1. The molecule has 24 heavy (non-hydrogen) atoms. The Morgan fingerprint density at radius 2 is 1.92 bits per heavy atom. The number of esters is 1. The topological polar surface area (TPSA) is 92.8 Å². The Labute approximate surface area is 143 Å². The summed E-state index contributed by atoms with van der Waals surface area (Å²) in [7, 11) is -0.829. The van der Waals surface area contributed by atoms with E-state index in [-0.39, 0.29) is 16.4 Å². The molecule has 0 spiro atoms. The van der Waals surface area contributed by atoms with Gasteiger partial charge in [0.15, 0.2) is 6.61 Å². The number of nitrogens with zero attached hydrogens (tertiary/aromatic N) is 1. The van der Waals surface area contributed by atoms with Crippen molar-refractivity contribution in [1.29, 1.82) is 0 Å². The molecule has 0 fully saturated rings. The van der Waals surface area contributed by atoms with E-state index in [0.29, 0.717) is 12.1 Å². The van der Waals surface area contributed by atoms with Crippen LogP contribution in [-0.4, -0.2) is 51.8 Å². The maximum absolute atomic E-state index is 12.1. The third-order valence-corrected chi connectivity index (χ3v) is 5.21. The smallest absolute Gasteiger partial charge is 0.338 e. The van der Waals surface area contributed by atoms with Gasteiger partial charge in [0.25, 0.3) is 5.91 Å². The van der Waals surface area contributed by atoms with Gasteiger partial charge in [0, 0.05) is 20.6 Å². The number of ether oxygens (including phenoxy) is 1. The van der Waals surface area contributed by atoms with Crippen LogP contribution in [0.25, 0.3) is 0 Å². The fourth-order valence-electron chi connectivity index (χ4n) is 1.86. The summed E-state index contributed by atoms with van der Waals surface area (Å²) in [6.45, 7) is 3.81. The third kappa shape index (κ3) is 5.31. The van der Waals surface area contributed by atoms with E-state index in [1.165, 1.54) is 32.3 Å². The first kappa shape index (κ1) is 20.1. The lowest BCUT2D eigenvalue weighted by Gasteiger charge is -2.13. The zero-order valence-corrected chi connectivity index (χ0v) is 15.3. The molecule has 0 saturated carbocycles. The molecule has 0 aromatic heterocycles. The molecule has 8 heteroatoms. The van der Waals surface area contributed by atoms with Crippen molar-refractivity contribution in [1.82, 2.24) is 9.62 Å². The van der Waals surface area contributed by atoms with Gasteiger partial charge in [-0.25, -0.2) is 17.5 Å². The van der Waals surface area contributed by atoms with Crippen molar-refractivity contribution in [2.45, 2.75) is 31.6 Å². The van der Waals surface area contributed by atoms with E-state index in [9.17, 15) is 18.0 Å². The summed E-state index contributed by atoms with van der Waals surface area (Å²) in [5.41, 5.74) is 0.698. The van der Waals surface area contributed by atoms with Gasteiger partial charge in [-0.1, -0.05) is 19.4 Å². The highest BCUT2D eigenvalue weighted by molar-refractivity contribution is 7.89. The normalized spacial score (nSPS) is 11.4. The van der Waals surface area contributed by atoms with Gasteiger partial charge >= 0.3 is 5.97 Å². The largest absolute Gasteiger partial charge is 0.452 e. The molecule has 0 radical (unpaired) electrons. The molecule has 1 aromatic carbocycles. The number of carbonyl (C=O) groups is 2. The molecule has 1 N–H and O–H groups in total. The molecular weight excluding hydrogens is 332 g/mol. The molecule has 7 nitrogen and oxygen atoms in total. The minimum Gasteiger partial charge on any atom is -0.452 e. The number of rotatable bonds is 8. The molecule has 0 aliphatic carbocycles. The van der Waals surface area contributed by atoms with E-state index in [1.54, 1.807) is 6.92 Å². The van der Waals surface area contributed by atoms with Gasteiger partial charge in [0.1, 0.15) is 0 Å². The minimum atomic E-state index is -3.65. The molecule has 0 unspecified atom stereocenters. The second kappa shape index (κ2) is 8.79. The average Bonchev–Trinajstić information content (AvgIpc) is 2.53. The minimum absolute atomic E-state index is 0.00236. The molecular formula is C16H24N2O5S. The maximum Gasteiger partial charge on any atom is 0.338 e. The fraction of sp³-hybridized carbons (Fsp3) is 0.500. The predicted octanol–water partition coefficient (Wildman–Crippen LogP) is 1.32. The summed E-state index contributed by atoms with van der Waals surface area (Å²) in [5.74, 6) is -1.11. The van der Waals surface area contributed by atoms with Crippen LogP contribution < -0.4 is 5.32 Å². The summed E-state index contributed by atoms with van der Waals surface area (Å²) >= 11 is 0. The van der Waals surface area contributed by atoms with Crippen molar-refractivity contribution < 1.29 is 22.7 Å². The number of aryl methyl sites for hydroxylation is 1. The molecule has 134 valence electrons. The van der Waals surface area contributed by atoms with E-state index < -0.39 is 22.6 Å². The summed E-state index contributed by atoms with van der Waals surface area (Å²) in [5, 5.41) is 2.64. The number of hydrogen-bond donors (Lipinski definition) is 1. The Kier molecular flexibility index (Phi) is 7.37. The molecule has 1 amide bonds. The Morgan fingerprint density at radius 3 is 2.50 bits per heavy atom. The van der Waals surface area contributed by atoms with Gasteiger partial charge in [-0.05, 0) is 31.0 Å². The standard InChI is InChI=1S/C16H24N2O5S/c1-5-6-9-17-15(19)11-23-16(20)14-10-13(8-7-12(14)2)24(21,22)18(3)4/h7-8,10H,5-6,9,11H2,1-4H3,(H,17,19). The van der Waals surface area contributed by atoms with E-state index in [1.807, 2.05) is 6.92 Å². The predicted molar refractivity (Wildman–Crippen MR) is 90.3 cm³/mol. The van der Waals surface area contributed by atoms with Crippen molar-refractivity contribution in [3.8, 4) is 0 Å². The maximum atomic E-state index is 12.1. The Balaban J connectivity index is 2.82. The quantitative estimate of drug-likeness (QED) is 0.560. The average molecular weight is 356 g/mol. The molecule has 1 rings (SSSR count). The van der Waals surface area contributed by atoms with Crippen LogP contribution in [-0.2, 0) is 19.6 Å². The summed E-state index contributed by atoms with van der Waals surface area (Å²) in [4.78, 5) is 23.7. The van der Waals surface area contributed by atoms with Crippen LogP contribution in [0.1, 0.15) is 35.7 Å². The highest BCUT2D eigenvalue weighted by Gasteiger charge is 2.21. The van der Waals surface area contributed by atoms with Crippen molar-refractivity contribution >= 4 is 21.9 Å². The fourth-order valence-corrected chi connectivity index (χ4v) is 2.79. The van der Waals surface area contributed by atoms with Gasteiger partial charge in [-0.15, -0.1) is 0 Å². The van der Waals surface area contributed by atoms with Crippen molar-refractivity contribution in [2.75, 3.05) is 27.2 Å². The van der Waals surface area contributed by atoms with Crippen LogP contribution in [0.5, 0.6) is 0 Å². The lowest BCUT2D eigenvalue weighted by atomic mass is 10.1. The lowest BCUT2D eigenvalue weighted by Crippen LogP contribution is -2.29. The highest BCUT2D eigenvalue weighted by Crippen LogP contribution is 2.18. The summed E-state index contributed by atoms with van der Waals surface area (Å²) in [6.07, 6.45) is 1.80. The van der Waals surface area contributed by atoms with E-state index in [0.717, 1.165) is 17.1 Å². The van der Waals surface area contributed by atoms with Gasteiger partial charge in [-0.3, -0.25) is 4.79 Å². The number of nitrogens with one attached hydrogen (secondary N) is 1. The SMILES string of the molecule is CCCCNC(=O)COC(=O)c1cc(S(=O)(=O)N(C)C)ccc1C. The number of hydrogen-bond acceptors (Lipinski definition) is 5. The van der Waals surface area contributed by atoms with Gasteiger partial charge in [-0.2, -0.15) is 0 Å². The summed E-state index contributed by atoms with van der Waals surface area (Å²) in [6, 6.07) is 4.23. The summed E-state index contributed by atoms with van der Waals surface area (Å²) < 4.78 is 30.3. The van der Waals surface area contributed by atoms with Crippen LogP contribution in [0.15, 0.2) is 23.1 Å². The van der Waals surface area contributed by atoms with Gasteiger partial charge in [0.05, 0.1) is 10.5 Å². The number of benzene rings is 1. The first-order valence-corrected chi connectivity index (χ1v) is 9.11. The van der Waals surface area contributed by atoms with E-state index in [4.69, 9.17) is 4.74 Å². The zero-order chi connectivity index (χ0) is 18.3. The Bertz CT molecular complexity index is 698. The van der Waals surface area contributed by atoms with Gasteiger partial charge < -0.3 is 10.1 Å². The second-order valence-corrected chi connectivity index (χ2v) is 7.70. The molecule has 0 aliphatic heterocycles. The van der Waals surface area contributed by atoms with E-state index in [2.05, 4.69) is 5.32 Å². The third-order valence-electron chi connectivity index (χ3n) is 3.39. The molecule has 0 bridgehead atoms. The lowest BCUT2D eigenvalue weighted by molar-refractivity contribution is -0.124. The molecule has 0 atom stereocenters. The highest BCUT2D eigenvalue weighted by atomic mass is 32.2. The van der Waals surface area contributed by atoms with Crippen molar-refractivity contribution in [3.63, 3.8) is 0 Å². The molecule has 0 saturated heterocycles. The Morgan fingerprint density at radius 1 is 1.25 bits per heavy atom. The van der Waals surface area contributed by atoms with Gasteiger partial charge in [0.2, 0.25) is 10.0 Å². The van der Waals surface area contributed by atoms with Crippen molar-refractivity contribution in [2.24, 2.45) is 0 Å². The molecule has 0 aliphatic rings. The number of sulfonamides is 1. The van der Waals surface area contributed by atoms with Crippen LogP contribution in [0.4, 0.5) is 0 Å². The van der Waals surface area contributed by atoms with Crippen LogP contribution in [0.3, 0.4) is 0 Å².